The van der Waals surface area contributed by atoms with Crippen molar-refractivity contribution in [3.63, 3.8) is 0 Å². The van der Waals surface area contributed by atoms with Crippen LogP contribution in [0.2, 0.25) is 0 Å². The third kappa shape index (κ3) is 5.01. The number of carbonyl (C=O) groups is 2. The summed E-state index contributed by atoms with van der Waals surface area (Å²) in [5, 5.41) is 0. The molecule has 0 aromatic rings. The first-order valence-electron chi connectivity index (χ1n) is 8.49. The molecular formula is C17H29NO3. The average molecular weight is 295 g/mol. The number of rotatable bonds is 7. The van der Waals surface area contributed by atoms with Crippen LogP contribution in [0.25, 0.3) is 0 Å². The van der Waals surface area contributed by atoms with Gasteiger partial charge in [-0.05, 0) is 25.2 Å². The summed E-state index contributed by atoms with van der Waals surface area (Å²) in [5.74, 6) is 0.524. The van der Waals surface area contributed by atoms with Crippen LogP contribution in [0, 0.1) is 11.8 Å². The van der Waals surface area contributed by atoms with Gasteiger partial charge in [0.05, 0.1) is 13.0 Å². The molecule has 0 heterocycles. The minimum absolute atomic E-state index is 0.222. The summed E-state index contributed by atoms with van der Waals surface area (Å²) in [6, 6.07) is 0.371. The first-order valence-corrected chi connectivity index (χ1v) is 8.49. The normalized spacial score (nSPS) is 20.9. The Balaban J connectivity index is 1.79. The van der Waals surface area contributed by atoms with Gasteiger partial charge in [0.2, 0.25) is 5.91 Å². The molecule has 120 valence electrons. The molecule has 1 unspecified atom stereocenters. The van der Waals surface area contributed by atoms with Gasteiger partial charge in [-0.2, -0.15) is 0 Å². The highest BCUT2D eigenvalue weighted by Gasteiger charge is 2.34. The molecule has 0 saturated heterocycles. The Morgan fingerprint density at radius 1 is 1.14 bits per heavy atom. The Labute approximate surface area is 128 Å². The molecule has 21 heavy (non-hydrogen) atoms. The van der Waals surface area contributed by atoms with Crippen LogP contribution in [0.1, 0.15) is 64.7 Å². The van der Waals surface area contributed by atoms with Crippen LogP contribution in [0.5, 0.6) is 0 Å². The summed E-state index contributed by atoms with van der Waals surface area (Å²) in [5.41, 5.74) is 0. The Bertz CT molecular complexity index is 359. The number of hydrogen-bond donors (Lipinski definition) is 0. The summed E-state index contributed by atoms with van der Waals surface area (Å²) < 4.78 is 4.77. The molecule has 4 nitrogen and oxygen atoms in total. The molecule has 0 bridgehead atoms. The van der Waals surface area contributed by atoms with Crippen molar-refractivity contribution in [1.29, 1.82) is 0 Å². The van der Waals surface area contributed by atoms with Crippen LogP contribution < -0.4 is 0 Å². The molecule has 0 N–H and O–H groups in total. The van der Waals surface area contributed by atoms with E-state index in [9.17, 15) is 9.59 Å². The molecule has 0 aromatic carbocycles. The van der Waals surface area contributed by atoms with Gasteiger partial charge in [0.1, 0.15) is 0 Å². The monoisotopic (exact) mass is 295 g/mol. The second-order valence-corrected chi connectivity index (χ2v) is 6.74. The maximum absolute atomic E-state index is 12.5. The van der Waals surface area contributed by atoms with Crippen molar-refractivity contribution in [3.8, 4) is 0 Å². The molecule has 2 aliphatic rings. The zero-order valence-corrected chi connectivity index (χ0v) is 13.5. The van der Waals surface area contributed by atoms with Gasteiger partial charge in [-0.1, -0.05) is 39.0 Å². The van der Waals surface area contributed by atoms with E-state index in [4.69, 9.17) is 4.74 Å². The van der Waals surface area contributed by atoms with Gasteiger partial charge in [-0.3, -0.25) is 9.59 Å². The smallest absolute Gasteiger partial charge is 0.310 e. The first kappa shape index (κ1) is 16.3. The molecule has 2 rings (SSSR count). The summed E-state index contributed by atoms with van der Waals surface area (Å²) in [4.78, 5) is 26.0. The zero-order chi connectivity index (χ0) is 15.2. The van der Waals surface area contributed by atoms with Gasteiger partial charge in [-0.15, -0.1) is 0 Å². The van der Waals surface area contributed by atoms with Gasteiger partial charge in [-0.25, -0.2) is 0 Å². The van der Waals surface area contributed by atoms with Crippen molar-refractivity contribution >= 4 is 11.9 Å². The number of hydrogen-bond acceptors (Lipinski definition) is 3. The number of nitrogens with zero attached hydrogens (tertiary/aromatic N) is 1. The Kier molecular flexibility index (Phi) is 6.07. The maximum Gasteiger partial charge on any atom is 0.310 e. The molecule has 4 heteroatoms. The maximum atomic E-state index is 12.5. The largest absolute Gasteiger partial charge is 0.469 e. The topological polar surface area (TPSA) is 46.6 Å². The molecule has 2 saturated carbocycles. The second kappa shape index (κ2) is 7.81. The van der Waals surface area contributed by atoms with E-state index < -0.39 is 0 Å². The lowest BCUT2D eigenvalue weighted by atomic mass is 9.86. The van der Waals surface area contributed by atoms with Crippen molar-refractivity contribution in [1.82, 2.24) is 4.90 Å². The molecule has 0 radical (unpaired) electrons. The molecule has 0 aromatic heterocycles. The van der Waals surface area contributed by atoms with Gasteiger partial charge in [0.25, 0.3) is 0 Å². The van der Waals surface area contributed by atoms with Crippen molar-refractivity contribution in [2.75, 3.05) is 13.7 Å². The van der Waals surface area contributed by atoms with Crippen LogP contribution in [-0.2, 0) is 14.3 Å². The standard InChI is InChI=1S/C17H29NO3/c1-13(17(20)21-2)12-18(15-9-10-15)16(19)11-8-14-6-4-3-5-7-14/h13-15H,3-12H2,1-2H3. The number of carbonyl (C=O) groups excluding carboxylic acids is 2. The fourth-order valence-electron chi connectivity index (χ4n) is 3.36. The number of ether oxygens (including phenoxy) is 1. The fourth-order valence-corrected chi connectivity index (χ4v) is 3.36. The summed E-state index contributed by atoms with van der Waals surface area (Å²) in [6.45, 7) is 2.36. The van der Waals surface area contributed by atoms with Crippen LogP contribution >= 0.6 is 0 Å². The first-order chi connectivity index (χ1) is 10.1. The molecule has 2 fully saturated rings. The summed E-state index contributed by atoms with van der Waals surface area (Å²) in [6.07, 6.45) is 10.4. The van der Waals surface area contributed by atoms with E-state index in [-0.39, 0.29) is 17.8 Å². The SMILES string of the molecule is COC(=O)C(C)CN(C(=O)CCC1CCCCC1)C1CC1. The second-order valence-electron chi connectivity index (χ2n) is 6.74. The molecule has 1 amide bonds. The van der Waals surface area contributed by atoms with Crippen LogP contribution in [0.15, 0.2) is 0 Å². The van der Waals surface area contributed by atoms with E-state index >= 15 is 0 Å². The van der Waals surface area contributed by atoms with Gasteiger partial charge in [0, 0.05) is 19.0 Å². The van der Waals surface area contributed by atoms with E-state index in [0.29, 0.717) is 19.0 Å². The van der Waals surface area contributed by atoms with E-state index in [1.54, 1.807) is 0 Å². The van der Waals surface area contributed by atoms with Gasteiger partial charge in [0.15, 0.2) is 0 Å². The van der Waals surface area contributed by atoms with Gasteiger partial charge < -0.3 is 9.64 Å². The quantitative estimate of drug-likeness (QED) is 0.678. The van der Waals surface area contributed by atoms with E-state index in [1.165, 1.54) is 39.2 Å². The fraction of sp³-hybridized carbons (Fsp3) is 0.882. The lowest BCUT2D eigenvalue weighted by Crippen LogP contribution is -2.39. The zero-order valence-electron chi connectivity index (χ0n) is 13.5. The van der Waals surface area contributed by atoms with Crippen LogP contribution in [-0.4, -0.2) is 36.5 Å². The van der Waals surface area contributed by atoms with Crippen LogP contribution in [0.4, 0.5) is 0 Å². The summed E-state index contributed by atoms with van der Waals surface area (Å²) in [7, 11) is 1.41. The van der Waals surface area contributed by atoms with Crippen molar-refractivity contribution in [2.24, 2.45) is 11.8 Å². The van der Waals surface area contributed by atoms with Crippen molar-refractivity contribution < 1.29 is 14.3 Å². The van der Waals surface area contributed by atoms with E-state index in [0.717, 1.165) is 25.2 Å². The van der Waals surface area contributed by atoms with Crippen LogP contribution in [0.3, 0.4) is 0 Å². The Hall–Kier alpha value is -1.06. The highest BCUT2D eigenvalue weighted by molar-refractivity contribution is 5.78. The minimum Gasteiger partial charge on any atom is -0.469 e. The number of amides is 1. The summed E-state index contributed by atoms with van der Waals surface area (Å²) >= 11 is 0. The predicted octanol–water partition coefficient (Wildman–Crippen LogP) is 3.15. The lowest BCUT2D eigenvalue weighted by Gasteiger charge is -2.27. The Morgan fingerprint density at radius 3 is 2.38 bits per heavy atom. The predicted molar refractivity (Wildman–Crippen MR) is 81.7 cm³/mol. The molecule has 2 aliphatic carbocycles. The van der Waals surface area contributed by atoms with Crippen molar-refractivity contribution in [3.05, 3.63) is 0 Å². The van der Waals surface area contributed by atoms with Gasteiger partial charge >= 0.3 is 5.97 Å². The number of esters is 1. The molecule has 1 atom stereocenters. The van der Waals surface area contributed by atoms with E-state index in [2.05, 4.69) is 0 Å². The lowest BCUT2D eigenvalue weighted by molar-refractivity contribution is -0.146. The third-order valence-electron chi connectivity index (χ3n) is 4.87. The minimum atomic E-state index is -0.228. The highest BCUT2D eigenvalue weighted by Crippen LogP contribution is 2.31. The molecule has 0 aliphatic heterocycles. The van der Waals surface area contributed by atoms with E-state index in [1.807, 2.05) is 11.8 Å². The van der Waals surface area contributed by atoms with Crippen molar-refractivity contribution in [2.45, 2.75) is 70.8 Å². The molecular weight excluding hydrogens is 266 g/mol. The number of methoxy groups -OCH3 is 1. The molecule has 0 spiro atoms. The average Bonchev–Trinajstić information content (AvgIpc) is 3.34. The third-order valence-corrected chi connectivity index (χ3v) is 4.87. The Morgan fingerprint density at radius 2 is 1.81 bits per heavy atom. The highest BCUT2D eigenvalue weighted by atomic mass is 16.5.